The number of pyridine rings is 1. The van der Waals surface area contributed by atoms with Crippen molar-refractivity contribution in [1.29, 1.82) is 0 Å². The zero-order valence-corrected chi connectivity index (χ0v) is 19.8. The number of nitrogens with zero attached hydrogens (tertiary/aromatic N) is 4. The highest BCUT2D eigenvalue weighted by Gasteiger charge is 2.18. The lowest BCUT2D eigenvalue weighted by Crippen LogP contribution is -2.27. The third-order valence-corrected chi connectivity index (χ3v) is 5.17. The van der Waals surface area contributed by atoms with Crippen molar-refractivity contribution in [2.24, 2.45) is 5.92 Å². The van der Waals surface area contributed by atoms with Crippen molar-refractivity contribution >= 4 is 33.5 Å². The number of nitrogens with one attached hydrogen (secondary N) is 2. The Morgan fingerprint density at radius 3 is 2.42 bits per heavy atom. The SMILES string of the molecule is COc1ncc(C(C)Cc2nc(NC(CO)CC(C)C)nc(NS(C)(=O)=O)n2)cc1Cl. The zero-order chi connectivity index (χ0) is 23.2. The van der Waals surface area contributed by atoms with E-state index >= 15 is 0 Å². The van der Waals surface area contributed by atoms with Crippen LogP contribution in [0.5, 0.6) is 5.88 Å². The van der Waals surface area contributed by atoms with Crippen molar-refractivity contribution in [2.45, 2.75) is 45.6 Å². The summed E-state index contributed by atoms with van der Waals surface area (Å²) in [5.41, 5.74) is 0.853. The maximum atomic E-state index is 11.7. The molecule has 0 aliphatic carbocycles. The first kappa shape index (κ1) is 25.0. The molecule has 0 aliphatic heterocycles. The van der Waals surface area contributed by atoms with E-state index < -0.39 is 10.0 Å². The van der Waals surface area contributed by atoms with Crippen LogP contribution >= 0.6 is 11.6 Å². The predicted octanol–water partition coefficient (Wildman–Crippen LogP) is 2.47. The van der Waals surface area contributed by atoms with E-state index in [1.165, 1.54) is 7.11 Å². The van der Waals surface area contributed by atoms with Gasteiger partial charge in [-0.15, -0.1) is 0 Å². The van der Waals surface area contributed by atoms with Crippen molar-refractivity contribution in [3.05, 3.63) is 28.7 Å². The van der Waals surface area contributed by atoms with Crippen molar-refractivity contribution in [3.8, 4) is 5.88 Å². The zero-order valence-electron chi connectivity index (χ0n) is 18.3. The third-order valence-electron chi connectivity index (χ3n) is 4.35. The highest BCUT2D eigenvalue weighted by molar-refractivity contribution is 7.91. The lowest BCUT2D eigenvalue weighted by Gasteiger charge is -2.19. The molecule has 172 valence electrons. The molecule has 2 aromatic rings. The van der Waals surface area contributed by atoms with Gasteiger partial charge in [0.2, 0.25) is 27.8 Å². The molecule has 31 heavy (non-hydrogen) atoms. The molecule has 2 rings (SSSR count). The number of hydrogen-bond donors (Lipinski definition) is 3. The molecule has 0 radical (unpaired) electrons. The largest absolute Gasteiger partial charge is 0.480 e. The van der Waals surface area contributed by atoms with Gasteiger partial charge in [-0.05, 0) is 29.9 Å². The van der Waals surface area contributed by atoms with Crippen molar-refractivity contribution < 1.29 is 18.3 Å². The van der Waals surface area contributed by atoms with Crippen LogP contribution in [0.1, 0.15) is 44.5 Å². The van der Waals surface area contributed by atoms with Crippen molar-refractivity contribution in [1.82, 2.24) is 19.9 Å². The van der Waals surface area contributed by atoms with E-state index in [4.69, 9.17) is 16.3 Å². The first-order valence-corrected chi connectivity index (χ1v) is 12.1. The molecule has 3 N–H and O–H groups in total. The van der Waals surface area contributed by atoms with E-state index in [1.807, 2.05) is 20.8 Å². The molecule has 0 spiro atoms. The van der Waals surface area contributed by atoms with Gasteiger partial charge in [-0.1, -0.05) is 32.4 Å². The van der Waals surface area contributed by atoms with Crippen LogP contribution in [0.25, 0.3) is 0 Å². The highest BCUT2D eigenvalue weighted by atomic mass is 35.5. The predicted molar refractivity (Wildman–Crippen MR) is 120 cm³/mol. The van der Waals surface area contributed by atoms with E-state index in [9.17, 15) is 13.5 Å². The summed E-state index contributed by atoms with van der Waals surface area (Å²) in [4.78, 5) is 17.0. The number of aromatic nitrogens is 4. The molecular formula is C19H29ClN6O4S. The molecule has 2 atom stereocenters. The minimum Gasteiger partial charge on any atom is -0.480 e. The lowest BCUT2D eigenvalue weighted by atomic mass is 9.99. The summed E-state index contributed by atoms with van der Waals surface area (Å²) < 4.78 is 30.7. The number of aliphatic hydroxyl groups is 1. The van der Waals surface area contributed by atoms with Gasteiger partial charge in [0.15, 0.2) is 0 Å². The Morgan fingerprint density at radius 1 is 1.19 bits per heavy atom. The molecule has 0 bridgehead atoms. The van der Waals surface area contributed by atoms with Crippen LogP contribution < -0.4 is 14.8 Å². The Balaban J connectivity index is 2.31. The fourth-order valence-corrected chi connectivity index (χ4v) is 3.64. The first-order chi connectivity index (χ1) is 14.5. The van der Waals surface area contributed by atoms with Gasteiger partial charge in [0.25, 0.3) is 0 Å². The quantitative estimate of drug-likeness (QED) is 0.449. The Kier molecular flexibility index (Phi) is 8.78. The van der Waals surface area contributed by atoms with E-state index in [-0.39, 0.29) is 30.5 Å². The van der Waals surface area contributed by atoms with Gasteiger partial charge in [-0.2, -0.15) is 15.0 Å². The van der Waals surface area contributed by atoms with E-state index in [1.54, 1.807) is 12.3 Å². The second-order valence-corrected chi connectivity index (χ2v) is 9.95. The molecule has 0 aliphatic rings. The molecular weight excluding hydrogens is 444 g/mol. The number of halogens is 1. The maximum Gasteiger partial charge on any atom is 0.241 e. The summed E-state index contributed by atoms with van der Waals surface area (Å²) in [7, 11) is -2.09. The van der Waals surface area contributed by atoms with Gasteiger partial charge in [0, 0.05) is 12.6 Å². The number of rotatable bonds is 11. The second kappa shape index (κ2) is 10.9. The van der Waals surface area contributed by atoms with Gasteiger partial charge in [-0.25, -0.2) is 13.4 Å². The summed E-state index contributed by atoms with van der Waals surface area (Å²) in [5, 5.41) is 13.1. The molecule has 10 nitrogen and oxygen atoms in total. The maximum absolute atomic E-state index is 11.7. The van der Waals surface area contributed by atoms with Crippen LogP contribution in [-0.4, -0.2) is 59.5 Å². The topological polar surface area (TPSA) is 139 Å². The number of sulfonamides is 1. The fourth-order valence-electron chi connectivity index (χ4n) is 2.97. The number of hydrogen-bond acceptors (Lipinski definition) is 9. The van der Waals surface area contributed by atoms with Crippen LogP contribution in [0.3, 0.4) is 0 Å². The molecule has 2 heterocycles. The van der Waals surface area contributed by atoms with Gasteiger partial charge < -0.3 is 15.2 Å². The summed E-state index contributed by atoms with van der Waals surface area (Å²) in [5.74, 6) is 1.09. The molecule has 0 saturated heterocycles. The fraction of sp³-hybridized carbons (Fsp3) is 0.579. The van der Waals surface area contributed by atoms with Crippen LogP contribution in [0.4, 0.5) is 11.9 Å². The standard InChI is InChI=1S/C19H29ClN6O4S/c1-11(2)6-14(10-27)22-18-23-16(24-19(25-18)26-31(5,28)29)7-12(3)13-8-15(20)17(30-4)21-9-13/h8-9,11-12,14,27H,6-7,10H2,1-5H3,(H2,22,23,24,25,26). The minimum atomic E-state index is -3.58. The average molecular weight is 473 g/mol. The Hall–Kier alpha value is -2.24. The number of anilines is 2. The molecule has 0 amide bonds. The van der Waals surface area contributed by atoms with Gasteiger partial charge in [-0.3, -0.25) is 4.72 Å². The van der Waals surface area contributed by atoms with Crippen LogP contribution in [0.15, 0.2) is 12.3 Å². The van der Waals surface area contributed by atoms with Crippen LogP contribution in [-0.2, 0) is 16.4 Å². The average Bonchev–Trinajstić information content (AvgIpc) is 2.65. The monoisotopic (exact) mass is 472 g/mol. The van der Waals surface area contributed by atoms with Crippen molar-refractivity contribution in [3.63, 3.8) is 0 Å². The number of methoxy groups -OCH3 is 1. The molecule has 2 aromatic heterocycles. The Bertz CT molecular complexity index is 989. The molecule has 0 saturated carbocycles. The molecule has 0 aromatic carbocycles. The number of aliphatic hydroxyl groups excluding tert-OH is 1. The second-order valence-electron chi connectivity index (χ2n) is 7.79. The van der Waals surface area contributed by atoms with Crippen LogP contribution in [0.2, 0.25) is 5.02 Å². The normalized spacial score (nSPS) is 13.7. The minimum absolute atomic E-state index is 0.0680. The van der Waals surface area contributed by atoms with E-state index in [2.05, 4.69) is 30.0 Å². The third kappa shape index (κ3) is 8.08. The summed E-state index contributed by atoms with van der Waals surface area (Å²) in [6, 6.07) is 1.49. The Morgan fingerprint density at radius 2 is 1.87 bits per heavy atom. The first-order valence-electron chi connectivity index (χ1n) is 9.80. The molecule has 12 heteroatoms. The van der Waals surface area contributed by atoms with Crippen LogP contribution in [0, 0.1) is 5.92 Å². The lowest BCUT2D eigenvalue weighted by molar-refractivity contribution is 0.259. The summed E-state index contributed by atoms with van der Waals surface area (Å²) in [6.07, 6.45) is 3.76. The van der Waals surface area contributed by atoms with Gasteiger partial charge in [0.05, 0.1) is 26.0 Å². The highest BCUT2D eigenvalue weighted by Crippen LogP contribution is 2.27. The smallest absolute Gasteiger partial charge is 0.241 e. The van der Waals surface area contributed by atoms with E-state index in [0.717, 1.165) is 11.8 Å². The number of ether oxygens (including phenoxy) is 1. The Labute approximate surface area is 187 Å². The molecule has 2 unspecified atom stereocenters. The molecule has 0 fully saturated rings. The van der Waals surface area contributed by atoms with E-state index in [0.29, 0.717) is 35.5 Å². The summed E-state index contributed by atoms with van der Waals surface area (Å²) >= 11 is 6.18. The van der Waals surface area contributed by atoms with Gasteiger partial charge >= 0.3 is 0 Å². The van der Waals surface area contributed by atoms with Crippen molar-refractivity contribution in [2.75, 3.05) is 30.0 Å². The summed E-state index contributed by atoms with van der Waals surface area (Å²) in [6.45, 7) is 5.92. The van der Waals surface area contributed by atoms with Gasteiger partial charge in [0.1, 0.15) is 10.8 Å².